The number of urea groups is 1. The maximum absolute atomic E-state index is 12.3. The van der Waals surface area contributed by atoms with E-state index < -0.39 is 0 Å². The van der Waals surface area contributed by atoms with Crippen molar-refractivity contribution >= 4 is 17.5 Å². The number of hydrogen-bond donors (Lipinski definition) is 2. The Morgan fingerprint density at radius 3 is 2.61 bits per heavy atom. The van der Waals surface area contributed by atoms with E-state index in [0.717, 1.165) is 31.5 Å². The van der Waals surface area contributed by atoms with Gasteiger partial charge in [-0.3, -0.25) is 14.6 Å². The Bertz CT molecular complexity index is 769. The number of amides is 2. The van der Waals surface area contributed by atoms with Gasteiger partial charge in [0, 0.05) is 50.1 Å². The number of nitrogens with one attached hydrogen (secondary N) is 2. The Morgan fingerprint density at radius 1 is 1.13 bits per heavy atom. The molecule has 0 aliphatic carbocycles. The van der Waals surface area contributed by atoms with E-state index in [0.29, 0.717) is 29.9 Å². The van der Waals surface area contributed by atoms with E-state index in [9.17, 15) is 9.59 Å². The highest BCUT2D eigenvalue weighted by Gasteiger charge is 2.41. The number of rotatable bonds is 8. The number of methoxy groups -OCH3 is 1. The van der Waals surface area contributed by atoms with Crippen LogP contribution in [0.4, 0.5) is 10.5 Å². The SMILES string of the molecule is COC[C@H]1CCCN1C[C@H]1CN2CC[C@@H]1C[C@H]2CNC(=O)Nc1ccc(C(C)=O)cc1. The smallest absolute Gasteiger partial charge is 0.319 e. The summed E-state index contributed by atoms with van der Waals surface area (Å²) in [6, 6.07) is 7.84. The first-order chi connectivity index (χ1) is 15.0. The fourth-order valence-electron chi connectivity index (χ4n) is 5.66. The fraction of sp³-hybridized carbons (Fsp3) is 0.667. The summed E-state index contributed by atoms with van der Waals surface area (Å²) in [7, 11) is 1.81. The molecule has 4 saturated heterocycles. The number of piperidine rings is 3. The van der Waals surface area contributed by atoms with E-state index in [-0.39, 0.29) is 11.8 Å². The summed E-state index contributed by atoms with van der Waals surface area (Å²) in [5, 5.41) is 5.92. The van der Waals surface area contributed by atoms with Gasteiger partial charge in [-0.15, -0.1) is 0 Å². The molecule has 7 heteroatoms. The number of hydrogen-bond acceptors (Lipinski definition) is 5. The Morgan fingerprint density at radius 2 is 1.94 bits per heavy atom. The minimum Gasteiger partial charge on any atom is -0.383 e. The first kappa shape index (κ1) is 22.2. The molecular weight excluding hydrogens is 392 g/mol. The van der Waals surface area contributed by atoms with Crippen molar-refractivity contribution in [2.75, 3.05) is 51.8 Å². The Labute approximate surface area is 185 Å². The highest BCUT2D eigenvalue weighted by molar-refractivity contribution is 5.95. The maximum atomic E-state index is 12.3. The van der Waals surface area contributed by atoms with Crippen molar-refractivity contribution in [3.05, 3.63) is 29.8 Å². The third-order valence-corrected chi connectivity index (χ3v) is 7.39. The van der Waals surface area contributed by atoms with Crippen molar-refractivity contribution in [1.29, 1.82) is 0 Å². The minimum atomic E-state index is -0.186. The van der Waals surface area contributed by atoms with E-state index in [4.69, 9.17) is 4.74 Å². The molecule has 0 saturated carbocycles. The largest absolute Gasteiger partial charge is 0.383 e. The summed E-state index contributed by atoms with van der Waals surface area (Å²) >= 11 is 0. The molecule has 0 spiro atoms. The molecule has 4 fully saturated rings. The number of benzene rings is 1. The molecule has 1 aromatic carbocycles. The minimum absolute atomic E-state index is 0.0228. The van der Waals surface area contributed by atoms with Crippen LogP contribution in [0.3, 0.4) is 0 Å². The second-order valence-corrected chi connectivity index (χ2v) is 9.41. The van der Waals surface area contributed by atoms with Gasteiger partial charge >= 0.3 is 6.03 Å². The molecule has 2 amide bonds. The number of carbonyl (C=O) groups is 2. The molecule has 1 aromatic rings. The van der Waals surface area contributed by atoms with Gasteiger partial charge in [-0.1, -0.05) is 0 Å². The van der Waals surface area contributed by atoms with Crippen molar-refractivity contribution in [2.45, 2.75) is 44.7 Å². The number of anilines is 1. The second-order valence-electron chi connectivity index (χ2n) is 9.41. The number of likely N-dealkylation sites (tertiary alicyclic amines) is 1. The van der Waals surface area contributed by atoms with Crippen molar-refractivity contribution in [3.8, 4) is 0 Å². The highest BCUT2D eigenvalue weighted by atomic mass is 16.5. The van der Waals surface area contributed by atoms with Crippen molar-refractivity contribution < 1.29 is 14.3 Å². The predicted molar refractivity (Wildman–Crippen MR) is 122 cm³/mol. The molecule has 5 rings (SSSR count). The van der Waals surface area contributed by atoms with Gasteiger partial charge in [0.25, 0.3) is 0 Å². The molecule has 31 heavy (non-hydrogen) atoms. The van der Waals surface area contributed by atoms with Crippen LogP contribution in [0.25, 0.3) is 0 Å². The van der Waals surface area contributed by atoms with Crippen LogP contribution in [-0.2, 0) is 4.74 Å². The van der Waals surface area contributed by atoms with E-state index in [1.807, 2.05) is 0 Å². The van der Waals surface area contributed by atoms with Gasteiger partial charge in [0.05, 0.1) is 6.61 Å². The van der Waals surface area contributed by atoms with Gasteiger partial charge < -0.3 is 15.4 Å². The normalized spacial score (nSPS) is 30.3. The van der Waals surface area contributed by atoms with E-state index in [1.165, 1.54) is 45.7 Å². The number of carbonyl (C=O) groups excluding carboxylic acids is 2. The molecule has 1 unspecified atom stereocenters. The zero-order valence-electron chi connectivity index (χ0n) is 18.8. The molecule has 0 radical (unpaired) electrons. The lowest BCUT2D eigenvalue weighted by molar-refractivity contribution is -0.0162. The Balaban J connectivity index is 1.23. The Hall–Kier alpha value is -1.96. The molecule has 5 atom stereocenters. The summed E-state index contributed by atoms with van der Waals surface area (Å²) in [6.07, 6.45) is 4.99. The quantitative estimate of drug-likeness (QED) is 0.623. The molecule has 2 bridgehead atoms. The standard InChI is InChI=1S/C24H36N4O3/c1-17(29)18-5-7-21(8-6-18)26-24(30)25-13-23-12-19-9-11-28(23)15-20(19)14-27-10-3-4-22(27)16-31-2/h5-8,19-20,22-23H,3-4,9-16H2,1-2H3,(H2,25,26,30)/t19-,20+,22-,23+/m1/s1. The van der Waals surface area contributed by atoms with Gasteiger partial charge in [0.15, 0.2) is 5.78 Å². The van der Waals surface area contributed by atoms with Gasteiger partial charge in [0.2, 0.25) is 0 Å². The summed E-state index contributed by atoms with van der Waals surface area (Å²) in [6.45, 7) is 7.74. The number of Topliss-reactive ketones (excluding diaryl/α,β-unsaturated/α-hetero) is 1. The molecule has 4 heterocycles. The van der Waals surface area contributed by atoms with E-state index >= 15 is 0 Å². The van der Waals surface area contributed by atoms with Crippen LogP contribution in [0, 0.1) is 11.8 Å². The number of ether oxygens (including phenoxy) is 1. The maximum Gasteiger partial charge on any atom is 0.319 e. The van der Waals surface area contributed by atoms with Crippen LogP contribution in [0.5, 0.6) is 0 Å². The van der Waals surface area contributed by atoms with Crippen molar-refractivity contribution in [2.24, 2.45) is 11.8 Å². The molecule has 4 aliphatic rings. The molecule has 7 nitrogen and oxygen atoms in total. The predicted octanol–water partition coefficient (Wildman–Crippen LogP) is 2.83. The summed E-state index contributed by atoms with van der Waals surface area (Å²) in [5.41, 5.74) is 1.35. The zero-order valence-corrected chi connectivity index (χ0v) is 18.8. The molecule has 170 valence electrons. The lowest BCUT2D eigenvalue weighted by atomic mass is 9.75. The Kier molecular flexibility index (Phi) is 7.25. The van der Waals surface area contributed by atoms with E-state index in [1.54, 1.807) is 31.4 Å². The van der Waals surface area contributed by atoms with Gasteiger partial charge in [-0.25, -0.2) is 4.79 Å². The fourth-order valence-corrected chi connectivity index (χ4v) is 5.66. The third-order valence-electron chi connectivity index (χ3n) is 7.39. The highest BCUT2D eigenvalue weighted by Crippen LogP contribution is 2.37. The molecule has 4 aliphatic heterocycles. The van der Waals surface area contributed by atoms with Crippen LogP contribution in [0.2, 0.25) is 0 Å². The van der Waals surface area contributed by atoms with Gasteiger partial charge in [-0.2, -0.15) is 0 Å². The van der Waals surface area contributed by atoms with Crippen LogP contribution < -0.4 is 10.6 Å². The van der Waals surface area contributed by atoms with Crippen LogP contribution >= 0.6 is 0 Å². The zero-order chi connectivity index (χ0) is 21.8. The van der Waals surface area contributed by atoms with Gasteiger partial charge in [0.1, 0.15) is 0 Å². The van der Waals surface area contributed by atoms with Gasteiger partial charge in [-0.05, 0) is 81.8 Å². The average molecular weight is 429 g/mol. The van der Waals surface area contributed by atoms with Crippen molar-refractivity contribution in [3.63, 3.8) is 0 Å². The third kappa shape index (κ3) is 5.45. The number of ketones is 1. The first-order valence-electron chi connectivity index (χ1n) is 11.7. The van der Waals surface area contributed by atoms with E-state index in [2.05, 4.69) is 20.4 Å². The summed E-state index contributed by atoms with van der Waals surface area (Å²) in [4.78, 5) is 28.9. The number of fused-ring (bicyclic) bond motifs is 3. The first-order valence-corrected chi connectivity index (χ1v) is 11.7. The van der Waals surface area contributed by atoms with Crippen molar-refractivity contribution in [1.82, 2.24) is 15.1 Å². The number of nitrogens with zero attached hydrogens (tertiary/aromatic N) is 2. The van der Waals surface area contributed by atoms with Crippen LogP contribution in [-0.4, -0.2) is 80.1 Å². The van der Waals surface area contributed by atoms with Crippen LogP contribution in [0.1, 0.15) is 43.0 Å². The lowest BCUT2D eigenvalue weighted by Crippen LogP contribution is -2.59. The topological polar surface area (TPSA) is 73.9 Å². The van der Waals surface area contributed by atoms with Crippen LogP contribution in [0.15, 0.2) is 24.3 Å². The molecular formula is C24H36N4O3. The monoisotopic (exact) mass is 428 g/mol. The second kappa shape index (κ2) is 10.1. The lowest BCUT2D eigenvalue weighted by Gasteiger charge is -2.51. The summed E-state index contributed by atoms with van der Waals surface area (Å²) < 4.78 is 5.42. The molecule has 2 N–H and O–H groups in total. The molecule has 0 aromatic heterocycles. The summed E-state index contributed by atoms with van der Waals surface area (Å²) in [5.74, 6) is 1.51. The average Bonchev–Trinajstić information content (AvgIpc) is 3.20.